The molecule has 2 aliphatic heterocycles. The van der Waals surface area contributed by atoms with Crippen LogP contribution in [0.2, 0.25) is 0 Å². The zero-order chi connectivity index (χ0) is 15.6. The van der Waals surface area contributed by atoms with E-state index in [9.17, 15) is 0 Å². The number of aromatic nitrogens is 2. The van der Waals surface area contributed by atoms with Crippen LogP contribution in [0, 0.1) is 5.92 Å². The van der Waals surface area contributed by atoms with E-state index < -0.39 is 0 Å². The van der Waals surface area contributed by atoms with Crippen molar-refractivity contribution >= 4 is 0 Å². The van der Waals surface area contributed by atoms with Crippen LogP contribution >= 0.6 is 0 Å². The molecule has 0 unspecified atom stereocenters. The molecule has 1 N–H and O–H groups in total. The third kappa shape index (κ3) is 2.86. The SMILES string of the molecule is COc1cc(CNC[C@@H]2CCc3nccn3C2)cc2c1OCO2. The van der Waals surface area contributed by atoms with E-state index >= 15 is 0 Å². The third-order valence-electron chi connectivity index (χ3n) is 4.51. The van der Waals surface area contributed by atoms with Crippen LogP contribution in [0.15, 0.2) is 24.5 Å². The number of fused-ring (bicyclic) bond motifs is 2. The molecular weight excluding hydrogens is 294 g/mol. The van der Waals surface area contributed by atoms with Gasteiger partial charge in [-0.15, -0.1) is 0 Å². The van der Waals surface area contributed by atoms with Crippen LogP contribution in [0.3, 0.4) is 0 Å². The summed E-state index contributed by atoms with van der Waals surface area (Å²) in [4.78, 5) is 4.37. The second-order valence-electron chi connectivity index (χ2n) is 6.06. The van der Waals surface area contributed by atoms with E-state index in [0.29, 0.717) is 11.7 Å². The maximum absolute atomic E-state index is 5.47. The first-order valence-corrected chi connectivity index (χ1v) is 8.00. The summed E-state index contributed by atoms with van der Waals surface area (Å²) in [6.45, 7) is 3.10. The van der Waals surface area contributed by atoms with Gasteiger partial charge in [-0.25, -0.2) is 4.98 Å². The van der Waals surface area contributed by atoms with Gasteiger partial charge in [0.1, 0.15) is 5.82 Å². The van der Waals surface area contributed by atoms with Crippen LogP contribution in [-0.2, 0) is 19.5 Å². The van der Waals surface area contributed by atoms with Crippen molar-refractivity contribution in [3.05, 3.63) is 35.9 Å². The van der Waals surface area contributed by atoms with Gasteiger partial charge in [-0.3, -0.25) is 0 Å². The van der Waals surface area contributed by atoms with Crippen molar-refractivity contribution in [1.82, 2.24) is 14.9 Å². The summed E-state index contributed by atoms with van der Waals surface area (Å²) in [5, 5.41) is 3.55. The van der Waals surface area contributed by atoms with Crippen LogP contribution in [0.25, 0.3) is 0 Å². The molecule has 122 valence electrons. The van der Waals surface area contributed by atoms with Gasteiger partial charge in [-0.1, -0.05) is 0 Å². The largest absolute Gasteiger partial charge is 0.493 e. The van der Waals surface area contributed by atoms with Gasteiger partial charge >= 0.3 is 0 Å². The first-order chi connectivity index (χ1) is 11.3. The lowest BCUT2D eigenvalue weighted by Crippen LogP contribution is -2.29. The molecule has 2 aromatic rings. The van der Waals surface area contributed by atoms with E-state index in [-0.39, 0.29) is 6.79 Å². The predicted molar refractivity (Wildman–Crippen MR) is 84.9 cm³/mol. The summed E-state index contributed by atoms with van der Waals surface area (Å²) in [5.74, 6) is 4.06. The Morgan fingerprint density at radius 3 is 3.26 bits per heavy atom. The number of aryl methyl sites for hydroxylation is 1. The van der Waals surface area contributed by atoms with Gasteiger partial charge in [0.15, 0.2) is 11.5 Å². The van der Waals surface area contributed by atoms with Gasteiger partial charge in [0.2, 0.25) is 12.5 Å². The van der Waals surface area contributed by atoms with Crippen molar-refractivity contribution in [2.24, 2.45) is 5.92 Å². The van der Waals surface area contributed by atoms with Crippen molar-refractivity contribution in [2.75, 3.05) is 20.4 Å². The highest BCUT2D eigenvalue weighted by Crippen LogP contribution is 2.41. The molecule has 6 nitrogen and oxygen atoms in total. The number of methoxy groups -OCH3 is 1. The predicted octanol–water partition coefficient (Wildman–Crippen LogP) is 1.97. The molecule has 4 rings (SSSR count). The molecule has 0 fully saturated rings. The normalized spacial score (nSPS) is 18.7. The van der Waals surface area contributed by atoms with Crippen LogP contribution in [0.4, 0.5) is 0 Å². The van der Waals surface area contributed by atoms with Crippen LogP contribution < -0.4 is 19.5 Å². The lowest BCUT2D eigenvalue weighted by atomic mass is 9.99. The standard InChI is InChI=1S/C17H21N3O3/c1-21-14-6-13(7-15-17(14)23-11-22-15)9-18-8-12-2-3-16-19-4-5-20(16)10-12/h4-7,12,18H,2-3,8-11H2,1H3/t12-/m0/s1. The summed E-state index contributed by atoms with van der Waals surface area (Å²) in [6.07, 6.45) is 6.22. The second-order valence-corrected chi connectivity index (χ2v) is 6.06. The molecule has 0 saturated heterocycles. The lowest BCUT2D eigenvalue weighted by Gasteiger charge is -2.24. The Labute approximate surface area is 135 Å². The molecular formula is C17H21N3O3. The minimum atomic E-state index is 0.262. The number of nitrogens with one attached hydrogen (secondary N) is 1. The fourth-order valence-corrected chi connectivity index (χ4v) is 3.31. The molecule has 23 heavy (non-hydrogen) atoms. The summed E-state index contributed by atoms with van der Waals surface area (Å²) in [7, 11) is 1.65. The number of rotatable bonds is 5. The molecule has 2 aliphatic rings. The average Bonchev–Trinajstić information content (AvgIpc) is 3.22. The molecule has 3 heterocycles. The molecule has 0 aliphatic carbocycles. The van der Waals surface area contributed by atoms with Gasteiger partial charge in [0.05, 0.1) is 7.11 Å². The molecule has 0 saturated carbocycles. The second kappa shape index (κ2) is 6.12. The fourth-order valence-electron chi connectivity index (χ4n) is 3.31. The maximum atomic E-state index is 5.47. The number of ether oxygens (including phenoxy) is 3. The fraction of sp³-hybridized carbons (Fsp3) is 0.471. The molecule has 0 bridgehead atoms. The monoisotopic (exact) mass is 315 g/mol. The van der Waals surface area contributed by atoms with E-state index in [0.717, 1.165) is 43.1 Å². The number of hydrogen-bond acceptors (Lipinski definition) is 5. The smallest absolute Gasteiger partial charge is 0.231 e. The van der Waals surface area contributed by atoms with Gasteiger partial charge in [0, 0.05) is 31.9 Å². The van der Waals surface area contributed by atoms with Crippen molar-refractivity contribution in [3.8, 4) is 17.2 Å². The molecule has 0 amide bonds. The van der Waals surface area contributed by atoms with Crippen molar-refractivity contribution < 1.29 is 14.2 Å². The molecule has 1 aromatic heterocycles. The van der Waals surface area contributed by atoms with Crippen molar-refractivity contribution in [2.45, 2.75) is 25.9 Å². The minimum Gasteiger partial charge on any atom is -0.493 e. The quantitative estimate of drug-likeness (QED) is 0.914. The van der Waals surface area contributed by atoms with Gasteiger partial charge in [-0.2, -0.15) is 0 Å². The number of imidazole rings is 1. The van der Waals surface area contributed by atoms with E-state index in [1.165, 1.54) is 12.2 Å². The highest BCUT2D eigenvalue weighted by atomic mass is 16.7. The summed E-state index contributed by atoms with van der Waals surface area (Å²) < 4.78 is 18.5. The van der Waals surface area contributed by atoms with Gasteiger partial charge < -0.3 is 24.1 Å². The first-order valence-electron chi connectivity index (χ1n) is 8.00. The topological polar surface area (TPSA) is 57.5 Å². The van der Waals surface area contributed by atoms with Gasteiger partial charge in [-0.05, 0) is 36.6 Å². The number of benzene rings is 1. The Kier molecular flexibility index (Phi) is 3.83. The highest BCUT2D eigenvalue weighted by Gasteiger charge is 2.21. The molecule has 0 spiro atoms. The van der Waals surface area contributed by atoms with Crippen LogP contribution in [0.1, 0.15) is 17.8 Å². The number of hydrogen-bond donors (Lipinski definition) is 1. The summed E-state index contributed by atoms with van der Waals surface area (Å²) in [6, 6.07) is 4.03. The molecule has 1 atom stereocenters. The van der Waals surface area contributed by atoms with E-state index in [1.54, 1.807) is 7.11 Å². The Balaban J connectivity index is 1.35. The van der Waals surface area contributed by atoms with E-state index in [1.807, 2.05) is 18.3 Å². The Morgan fingerprint density at radius 1 is 1.39 bits per heavy atom. The van der Waals surface area contributed by atoms with E-state index in [2.05, 4.69) is 21.1 Å². The summed E-state index contributed by atoms with van der Waals surface area (Å²) >= 11 is 0. The Hall–Kier alpha value is -2.21. The van der Waals surface area contributed by atoms with Crippen LogP contribution in [-0.4, -0.2) is 30.0 Å². The molecule has 0 radical (unpaired) electrons. The Morgan fingerprint density at radius 2 is 2.35 bits per heavy atom. The maximum Gasteiger partial charge on any atom is 0.231 e. The number of nitrogens with zero attached hydrogens (tertiary/aromatic N) is 2. The lowest BCUT2D eigenvalue weighted by molar-refractivity contribution is 0.171. The molecule has 6 heteroatoms. The first kappa shape index (κ1) is 14.4. The highest BCUT2D eigenvalue weighted by molar-refractivity contribution is 5.55. The Bertz CT molecular complexity index is 698. The van der Waals surface area contributed by atoms with Crippen LogP contribution in [0.5, 0.6) is 17.2 Å². The van der Waals surface area contributed by atoms with Crippen molar-refractivity contribution in [3.63, 3.8) is 0 Å². The zero-order valence-electron chi connectivity index (χ0n) is 13.2. The average molecular weight is 315 g/mol. The summed E-state index contributed by atoms with van der Waals surface area (Å²) in [5.41, 5.74) is 1.14. The minimum absolute atomic E-state index is 0.262. The van der Waals surface area contributed by atoms with E-state index in [4.69, 9.17) is 14.2 Å². The van der Waals surface area contributed by atoms with Gasteiger partial charge in [0.25, 0.3) is 0 Å². The molecule has 1 aromatic carbocycles. The third-order valence-corrected chi connectivity index (χ3v) is 4.51. The van der Waals surface area contributed by atoms with Crippen molar-refractivity contribution in [1.29, 1.82) is 0 Å². The zero-order valence-corrected chi connectivity index (χ0v) is 13.2.